The van der Waals surface area contributed by atoms with Crippen LogP contribution in [0.3, 0.4) is 0 Å². The van der Waals surface area contributed by atoms with Gasteiger partial charge in [-0.1, -0.05) is 19.3 Å². The summed E-state index contributed by atoms with van der Waals surface area (Å²) in [5.74, 6) is -0.922. The van der Waals surface area contributed by atoms with Crippen molar-refractivity contribution in [3.05, 3.63) is 29.6 Å². The molecule has 0 bridgehead atoms. The molecule has 0 atom stereocenters. The minimum Gasteiger partial charge on any atom is -0.398 e. The second-order valence-corrected chi connectivity index (χ2v) is 5.18. The average molecular weight is 266 g/mol. The molecule has 1 fully saturated rings. The summed E-state index contributed by atoms with van der Waals surface area (Å²) in [6.07, 6.45) is 4.54. The van der Waals surface area contributed by atoms with Crippen LogP contribution in [0.1, 0.15) is 42.5 Å². The van der Waals surface area contributed by atoms with E-state index in [1.165, 1.54) is 12.1 Å². The monoisotopic (exact) mass is 266 g/mol. The molecule has 0 unspecified atom stereocenters. The van der Waals surface area contributed by atoms with E-state index in [2.05, 4.69) is 5.32 Å². The van der Waals surface area contributed by atoms with Crippen LogP contribution in [0.4, 0.5) is 10.1 Å². The first-order chi connectivity index (χ1) is 9.06. The Bertz CT molecular complexity index is 471. The third-order valence-electron chi connectivity index (χ3n) is 3.75. The van der Waals surface area contributed by atoms with Gasteiger partial charge in [-0.05, 0) is 31.0 Å². The summed E-state index contributed by atoms with van der Waals surface area (Å²) in [6.45, 7) is -0.103. The van der Waals surface area contributed by atoms with E-state index in [9.17, 15) is 14.3 Å². The molecule has 19 heavy (non-hydrogen) atoms. The predicted molar refractivity (Wildman–Crippen MR) is 71.2 cm³/mol. The molecule has 0 saturated heterocycles. The Kier molecular flexibility index (Phi) is 4.04. The molecule has 5 heteroatoms. The lowest BCUT2D eigenvalue weighted by molar-refractivity contribution is 0.0759. The fourth-order valence-corrected chi connectivity index (χ4v) is 2.58. The SMILES string of the molecule is Nc1ccc(F)cc1C(=O)NC1(CO)CCCCC1. The number of halogens is 1. The van der Waals surface area contributed by atoms with Crippen LogP contribution in [0.15, 0.2) is 18.2 Å². The largest absolute Gasteiger partial charge is 0.398 e. The summed E-state index contributed by atoms with van der Waals surface area (Å²) in [7, 11) is 0. The Hall–Kier alpha value is -1.62. The number of nitrogens with one attached hydrogen (secondary N) is 1. The molecule has 1 aliphatic rings. The van der Waals surface area contributed by atoms with Crippen LogP contribution < -0.4 is 11.1 Å². The molecular formula is C14H19FN2O2. The number of rotatable bonds is 3. The smallest absolute Gasteiger partial charge is 0.253 e. The number of aliphatic hydroxyl groups excluding tert-OH is 1. The van der Waals surface area contributed by atoms with E-state index in [0.717, 1.165) is 38.2 Å². The van der Waals surface area contributed by atoms with Crippen LogP contribution in [0.2, 0.25) is 0 Å². The summed E-state index contributed by atoms with van der Waals surface area (Å²) in [4.78, 5) is 12.2. The molecule has 104 valence electrons. The maximum atomic E-state index is 13.2. The number of hydrogen-bond acceptors (Lipinski definition) is 3. The predicted octanol–water partition coefficient (Wildman–Crippen LogP) is 1.83. The van der Waals surface area contributed by atoms with Gasteiger partial charge in [-0.2, -0.15) is 0 Å². The number of aliphatic hydroxyl groups is 1. The van der Waals surface area contributed by atoms with Gasteiger partial charge in [0.05, 0.1) is 17.7 Å². The number of carbonyl (C=O) groups excluding carboxylic acids is 1. The molecule has 0 spiro atoms. The first-order valence-corrected chi connectivity index (χ1v) is 6.55. The fraction of sp³-hybridized carbons (Fsp3) is 0.500. The van der Waals surface area contributed by atoms with Crippen molar-refractivity contribution in [3.63, 3.8) is 0 Å². The lowest BCUT2D eigenvalue weighted by atomic mass is 9.82. The van der Waals surface area contributed by atoms with Crippen molar-refractivity contribution in [2.75, 3.05) is 12.3 Å². The van der Waals surface area contributed by atoms with Crippen LogP contribution in [0, 0.1) is 5.82 Å². The number of nitrogen functional groups attached to an aromatic ring is 1. The molecule has 1 saturated carbocycles. The number of benzene rings is 1. The topological polar surface area (TPSA) is 75.4 Å². The molecule has 0 radical (unpaired) electrons. The molecule has 0 aliphatic heterocycles. The fourth-order valence-electron chi connectivity index (χ4n) is 2.58. The third kappa shape index (κ3) is 3.04. The van der Waals surface area contributed by atoms with Crippen molar-refractivity contribution >= 4 is 11.6 Å². The van der Waals surface area contributed by atoms with Gasteiger partial charge in [-0.15, -0.1) is 0 Å². The summed E-state index contributed by atoms with van der Waals surface area (Å²) in [5, 5.41) is 12.4. The van der Waals surface area contributed by atoms with Crippen molar-refractivity contribution < 1.29 is 14.3 Å². The van der Waals surface area contributed by atoms with E-state index in [1.54, 1.807) is 0 Å². The molecule has 2 rings (SSSR count). The van der Waals surface area contributed by atoms with Gasteiger partial charge < -0.3 is 16.2 Å². The highest BCUT2D eigenvalue weighted by Crippen LogP contribution is 2.28. The van der Waals surface area contributed by atoms with Gasteiger partial charge in [0, 0.05) is 5.69 Å². The lowest BCUT2D eigenvalue weighted by Crippen LogP contribution is -2.52. The van der Waals surface area contributed by atoms with E-state index >= 15 is 0 Å². The van der Waals surface area contributed by atoms with Crippen LogP contribution in [0.25, 0.3) is 0 Å². The number of carbonyl (C=O) groups is 1. The van der Waals surface area contributed by atoms with E-state index in [1.807, 2.05) is 0 Å². The van der Waals surface area contributed by atoms with Crippen molar-refractivity contribution in [1.29, 1.82) is 0 Å². The van der Waals surface area contributed by atoms with Crippen LogP contribution in [0.5, 0.6) is 0 Å². The summed E-state index contributed by atoms with van der Waals surface area (Å²) >= 11 is 0. The molecule has 1 aliphatic carbocycles. The molecule has 4 N–H and O–H groups in total. The zero-order valence-electron chi connectivity index (χ0n) is 10.8. The van der Waals surface area contributed by atoms with Gasteiger partial charge in [0.2, 0.25) is 0 Å². The summed E-state index contributed by atoms with van der Waals surface area (Å²) in [5.41, 5.74) is 5.46. The molecule has 4 nitrogen and oxygen atoms in total. The highest BCUT2D eigenvalue weighted by atomic mass is 19.1. The highest BCUT2D eigenvalue weighted by Gasteiger charge is 2.33. The normalized spacial score (nSPS) is 18.0. The average Bonchev–Trinajstić information content (AvgIpc) is 2.42. The Morgan fingerprint density at radius 1 is 1.37 bits per heavy atom. The molecule has 1 aromatic carbocycles. The number of nitrogens with two attached hydrogens (primary N) is 1. The van der Waals surface area contributed by atoms with E-state index < -0.39 is 17.3 Å². The van der Waals surface area contributed by atoms with Gasteiger partial charge >= 0.3 is 0 Å². The van der Waals surface area contributed by atoms with Gasteiger partial charge in [0.1, 0.15) is 5.82 Å². The highest BCUT2D eigenvalue weighted by molar-refractivity contribution is 5.99. The van der Waals surface area contributed by atoms with Gasteiger partial charge in [-0.25, -0.2) is 4.39 Å². The van der Waals surface area contributed by atoms with Crippen molar-refractivity contribution in [1.82, 2.24) is 5.32 Å². The van der Waals surface area contributed by atoms with E-state index in [-0.39, 0.29) is 17.9 Å². The molecule has 0 heterocycles. The molecule has 1 amide bonds. The Morgan fingerprint density at radius 2 is 2.05 bits per heavy atom. The van der Waals surface area contributed by atoms with Crippen molar-refractivity contribution in [3.8, 4) is 0 Å². The van der Waals surface area contributed by atoms with Crippen LogP contribution in [-0.2, 0) is 0 Å². The Morgan fingerprint density at radius 3 is 2.68 bits per heavy atom. The molecule has 0 aromatic heterocycles. The van der Waals surface area contributed by atoms with E-state index in [4.69, 9.17) is 5.73 Å². The summed E-state index contributed by atoms with van der Waals surface area (Å²) in [6, 6.07) is 3.71. The van der Waals surface area contributed by atoms with Crippen molar-refractivity contribution in [2.24, 2.45) is 0 Å². The third-order valence-corrected chi connectivity index (χ3v) is 3.75. The zero-order chi connectivity index (χ0) is 13.9. The van der Waals surface area contributed by atoms with Crippen LogP contribution >= 0.6 is 0 Å². The van der Waals surface area contributed by atoms with E-state index in [0.29, 0.717) is 0 Å². The Balaban J connectivity index is 2.17. The second-order valence-electron chi connectivity index (χ2n) is 5.18. The van der Waals surface area contributed by atoms with Crippen molar-refractivity contribution in [2.45, 2.75) is 37.6 Å². The lowest BCUT2D eigenvalue weighted by Gasteiger charge is -2.36. The standard InChI is InChI=1S/C14H19FN2O2/c15-10-4-5-12(16)11(8-10)13(19)17-14(9-18)6-2-1-3-7-14/h4-5,8,18H,1-3,6-7,9,16H2,(H,17,19). The van der Waals surface area contributed by atoms with Gasteiger partial charge in [0.25, 0.3) is 5.91 Å². The zero-order valence-corrected chi connectivity index (χ0v) is 10.8. The van der Waals surface area contributed by atoms with Gasteiger partial charge in [-0.3, -0.25) is 4.79 Å². The Labute approximate surface area is 111 Å². The maximum absolute atomic E-state index is 13.2. The first-order valence-electron chi connectivity index (χ1n) is 6.55. The number of hydrogen-bond donors (Lipinski definition) is 3. The van der Waals surface area contributed by atoms with Crippen LogP contribution in [-0.4, -0.2) is 23.2 Å². The number of amides is 1. The molecule has 1 aromatic rings. The minimum absolute atomic E-state index is 0.103. The maximum Gasteiger partial charge on any atom is 0.253 e. The molecular weight excluding hydrogens is 247 g/mol. The quantitative estimate of drug-likeness (QED) is 0.731. The second kappa shape index (κ2) is 5.57. The first kappa shape index (κ1) is 13.8. The summed E-state index contributed by atoms with van der Waals surface area (Å²) < 4.78 is 13.2. The minimum atomic E-state index is -0.589. The number of anilines is 1. The van der Waals surface area contributed by atoms with Gasteiger partial charge in [0.15, 0.2) is 0 Å².